The van der Waals surface area contributed by atoms with Gasteiger partial charge in [0.15, 0.2) is 0 Å². The molecular weight excluding hydrogens is 238 g/mol. The number of benzene rings is 1. The van der Waals surface area contributed by atoms with Gasteiger partial charge >= 0.3 is 58.4 Å². The van der Waals surface area contributed by atoms with E-state index in [9.17, 15) is 17.3 Å². The molecule has 15 heavy (non-hydrogen) atoms. The average molecular weight is 246 g/mol. The fourth-order valence-corrected chi connectivity index (χ4v) is 1.04. The zero-order valence-corrected chi connectivity index (χ0v) is 11.6. The Bertz CT molecular complexity index is 329. The first-order valence-electron chi connectivity index (χ1n) is 3.92. The van der Waals surface area contributed by atoms with Gasteiger partial charge < -0.3 is 17.7 Å². The molecule has 1 aromatic carbocycles. The Hall–Kier alpha value is 0.601. The number of rotatable bonds is 3. The van der Waals surface area contributed by atoms with E-state index in [1.807, 2.05) is 0 Å². The molecule has 0 aliphatic carbocycles. The van der Waals surface area contributed by atoms with E-state index >= 15 is 0 Å². The minimum atomic E-state index is -5.13. The summed E-state index contributed by atoms with van der Waals surface area (Å²) in [7, 11) is 1.35. The summed E-state index contributed by atoms with van der Waals surface area (Å²) in [5.74, 6) is -0.886. The summed E-state index contributed by atoms with van der Waals surface area (Å²) in [5, 5.41) is 0. The van der Waals surface area contributed by atoms with E-state index in [1.54, 1.807) is 0 Å². The SMILES string of the molecule is COCc1ccc([B-](F)(F)F)cc1F.[K+]. The summed E-state index contributed by atoms with van der Waals surface area (Å²) in [6, 6.07) is 2.44. The molecule has 0 bridgehead atoms. The molecule has 0 spiro atoms. The van der Waals surface area contributed by atoms with Gasteiger partial charge in [0, 0.05) is 12.7 Å². The number of methoxy groups -OCH3 is 1. The van der Waals surface area contributed by atoms with E-state index in [0.29, 0.717) is 6.07 Å². The summed E-state index contributed by atoms with van der Waals surface area (Å²) in [5.41, 5.74) is -0.807. The molecule has 0 atom stereocenters. The Labute approximate surface area is 128 Å². The minimum absolute atomic E-state index is 0. The summed E-state index contributed by atoms with van der Waals surface area (Å²) < 4.78 is 54.1. The van der Waals surface area contributed by atoms with Gasteiger partial charge in [-0.3, -0.25) is 0 Å². The minimum Gasteiger partial charge on any atom is -0.445 e. The van der Waals surface area contributed by atoms with Crippen molar-refractivity contribution in [2.24, 2.45) is 0 Å². The molecule has 0 aliphatic heterocycles. The molecule has 7 heteroatoms. The average Bonchev–Trinajstić information content (AvgIpc) is 2.07. The van der Waals surface area contributed by atoms with Crippen LogP contribution >= 0.6 is 0 Å². The van der Waals surface area contributed by atoms with Gasteiger partial charge in [-0.2, -0.15) is 0 Å². The Kier molecular flexibility index (Phi) is 6.62. The molecule has 78 valence electrons. The standard InChI is InChI=1S/C8H8BF4O.K/c1-14-5-6-2-3-7(4-8(6)10)9(11,12)13;/h2-4H,5H2,1H3;/q-1;+1. The summed E-state index contributed by atoms with van der Waals surface area (Å²) in [6.45, 7) is -5.16. The van der Waals surface area contributed by atoms with Gasteiger partial charge in [-0.05, 0) is 0 Å². The fraction of sp³-hybridized carbons (Fsp3) is 0.250. The van der Waals surface area contributed by atoms with Crippen LogP contribution in [0, 0.1) is 5.82 Å². The zero-order valence-electron chi connectivity index (χ0n) is 8.44. The van der Waals surface area contributed by atoms with Crippen LogP contribution in [0.1, 0.15) is 5.56 Å². The third-order valence-corrected chi connectivity index (χ3v) is 1.75. The van der Waals surface area contributed by atoms with Crippen LogP contribution in [0.25, 0.3) is 0 Å². The quantitative estimate of drug-likeness (QED) is 0.492. The van der Waals surface area contributed by atoms with E-state index in [1.165, 1.54) is 7.11 Å². The monoisotopic (exact) mass is 246 g/mol. The second kappa shape index (κ2) is 6.36. The first-order chi connectivity index (χ1) is 6.45. The van der Waals surface area contributed by atoms with Crippen molar-refractivity contribution in [2.75, 3.05) is 7.11 Å². The van der Waals surface area contributed by atoms with E-state index < -0.39 is 18.3 Å². The maximum Gasteiger partial charge on any atom is 1.00 e. The van der Waals surface area contributed by atoms with Crippen molar-refractivity contribution in [2.45, 2.75) is 6.61 Å². The number of hydrogen-bond acceptors (Lipinski definition) is 1. The maximum atomic E-state index is 13.0. The maximum absolute atomic E-state index is 13.0. The fourth-order valence-electron chi connectivity index (χ4n) is 1.04. The first kappa shape index (κ1) is 15.6. The molecule has 0 aliphatic rings. The Morgan fingerprint density at radius 1 is 1.27 bits per heavy atom. The van der Waals surface area contributed by atoms with Crippen LogP contribution in [-0.2, 0) is 11.3 Å². The molecule has 0 amide bonds. The van der Waals surface area contributed by atoms with Crippen LogP contribution in [0.3, 0.4) is 0 Å². The molecular formula is C8H8BF4KO. The van der Waals surface area contributed by atoms with Crippen LogP contribution < -0.4 is 56.8 Å². The van der Waals surface area contributed by atoms with Gasteiger partial charge in [0.1, 0.15) is 5.82 Å². The van der Waals surface area contributed by atoms with Crippen molar-refractivity contribution >= 4 is 12.4 Å². The van der Waals surface area contributed by atoms with Crippen LogP contribution in [0.15, 0.2) is 18.2 Å². The Morgan fingerprint density at radius 3 is 2.27 bits per heavy atom. The largest absolute Gasteiger partial charge is 1.00 e. The van der Waals surface area contributed by atoms with Crippen molar-refractivity contribution < 1.29 is 73.5 Å². The van der Waals surface area contributed by atoms with Gasteiger partial charge in [-0.25, -0.2) is 4.39 Å². The van der Waals surface area contributed by atoms with E-state index in [0.717, 1.165) is 12.1 Å². The summed E-state index contributed by atoms with van der Waals surface area (Å²) >= 11 is 0. The van der Waals surface area contributed by atoms with Crippen molar-refractivity contribution in [1.29, 1.82) is 0 Å². The molecule has 0 fully saturated rings. The first-order valence-corrected chi connectivity index (χ1v) is 3.92. The molecule has 1 aromatic rings. The van der Waals surface area contributed by atoms with Crippen molar-refractivity contribution in [3.63, 3.8) is 0 Å². The smallest absolute Gasteiger partial charge is 0.445 e. The van der Waals surface area contributed by atoms with Gasteiger partial charge in [-0.15, -0.1) is 5.46 Å². The second-order valence-electron chi connectivity index (χ2n) is 2.86. The van der Waals surface area contributed by atoms with E-state index in [4.69, 9.17) is 0 Å². The summed E-state index contributed by atoms with van der Waals surface area (Å²) in [4.78, 5) is 0. The van der Waals surface area contributed by atoms with Crippen molar-refractivity contribution in [3.8, 4) is 0 Å². The number of halogens is 4. The van der Waals surface area contributed by atoms with Gasteiger partial charge in [0.05, 0.1) is 6.61 Å². The summed E-state index contributed by atoms with van der Waals surface area (Å²) in [6.07, 6.45) is 0. The molecule has 0 heterocycles. The molecule has 0 saturated heterocycles. The van der Waals surface area contributed by atoms with Crippen LogP contribution in [-0.4, -0.2) is 14.1 Å². The van der Waals surface area contributed by atoms with Crippen LogP contribution in [0.2, 0.25) is 0 Å². The van der Waals surface area contributed by atoms with Crippen molar-refractivity contribution in [3.05, 3.63) is 29.6 Å². The van der Waals surface area contributed by atoms with E-state index in [-0.39, 0.29) is 63.6 Å². The van der Waals surface area contributed by atoms with Crippen LogP contribution in [0.4, 0.5) is 17.3 Å². The number of hydrogen-bond donors (Lipinski definition) is 0. The predicted molar refractivity (Wildman–Crippen MR) is 45.8 cm³/mol. The Morgan fingerprint density at radius 2 is 1.87 bits per heavy atom. The molecule has 1 rings (SSSR count). The van der Waals surface area contributed by atoms with Gasteiger partial charge in [0.2, 0.25) is 0 Å². The molecule has 1 nitrogen and oxygen atoms in total. The van der Waals surface area contributed by atoms with Crippen LogP contribution in [0.5, 0.6) is 0 Å². The van der Waals surface area contributed by atoms with Gasteiger partial charge in [-0.1, -0.05) is 18.2 Å². The molecule has 0 radical (unpaired) electrons. The third kappa shape index (κ3) is 4.54. The third-order valence-electron chi connectivity index (χ3n) is 1.75. The molecule has 0 unspecified atom stereocenters. The normalized spacial score (nSPS) is 11.0. The second-order valence-corrected chi connectivity index (χ2v) is 2.86. The molecule has 0 N–H and O–H groups in total. The zero-order chi connectivity index (χ0) is 10.8. The number of ether oxygens (including phenoxy) is 1. The van der Waals surface area contributed by atoms with E-state index in [2.05, 4.69) is 4.74 Å². The Balaban J connectivity index is 0.00000196. The molecule has 0 aromatic heterocycles. The predicted octanol–water partition coefficient (Wildman–Crippen LogP) is -0.970. The topological polar surface area (TPSA) is 9.23 Å². The van der Waals surface area contributed by atoms with Crippen molar-refractivity contribution in [1.82, 2.24) is 0 Å². The molecule has 0 saturated carbocycles. The van der Waals surface area contributed by atoms with Gasteiger partial charge in [0.25, 0.3) is 0 Å².